The molecule has 3 rings (SSSR count). The number of carbonyl (C=O) groups is 1. The highest BCUT2D eigenvalue weighted by atomic mass is 35.5. The third kappa shape index (κ3) is 6.06. The number of halogens is 4. The Balaban J connectivity index is 1.80. The number of hydrogen-bond donors (Lipinski definition) is 1. The van der Waals surface area contributed by atoms with Gasteiger partial charge in [0.2, 0.25) is 5.90 Å². The molecule has 12 heteroatoms. The van der Waals surface area contributed by atoms with Gasteiger partial charge in [0.25, 0.3) is 5.69 Å². The number of nitrogens with zero attached hydrogens (tertiary/aromatic N) is 2. The number of nitro groups is 1. The lowest BCUT2D eigenvalue weighted by Crippen LogP contribution is -2.13. The van der Waals surface area contributed by atoms with E-state index in [0.29, 0.717) is 10.6 Å². The molecule has 0 bridgehead atoms. The molecule has 0 fully saturated rings. The molecule has 0 aliphatic heterocycles. The van der Waals surface area contributed by atoms with E-state index in [1.165, 1.54) is 37.4 Å². The van der Waals surface area contributed by atoms with Gasteiger partial charge in [0.15, 0.2) is 5.75 Å². The van der Waals surface area contributed by atoms with Crippen molar-refractivity contribution >= 4 is 69.7 Å². The minimum absolute atomic E-state index is 0.0188. The molecule has 1 N–H and O–H groups in total. The molecule has 0 aliphatic rings. The summed E-state index contributed by atoms with van der Waals surface area (Å²) in [6, 6.07) is 12.6. The highest BCUT2D eigenvalue weighted by molar-refractivity contribution is 6.38. The Bertz CT molecular complexity index is 1240. The number of benzene rings is 3. The molecule has 0 aliphatic carbocycles. The molecule has 0 unspecified atom stereocenters. The van der Waals surface area contributed by atoms with Crippen LogP contribution in [0.25, 0.3) is 0 Å². The fourth-order valence-electron chi connectivity index (χ4n) is 2.64. The van der Waals surface area contributed by atoms with Crippen LogP contribution >= 0.6 is 46.4 Å². The zero-order valence-electron chi connectivity index (χ0n) is 16.6. The maximum absolute atomic E-state index is 12.4. The van der Waals surface area contributed by atoms with Crippen molar-refractivity contribution in [2.24, 2.45) is 4.99 Å². The summed E-state index contributed by atoms with van der Waals surface area (Å²) in [5.41, 5.74) is 0.410. The average molecular weight is 529 g/mol. The fraction of sp³-hybridized carbons (Fsp3) is 0.0476. The Morgan fingerprint density at radius 3 is 2.21 bits per heavy atom. The smallest absolute Gasteiger partial charge is 0.348 e. The topological polar surface area (TPSA) is 103 Å². The number of anilines is 1. The molecule has 170 valence electrons. The Morgan fingerprint density at radius 2 is 1.64 bits per heavy atom. The Morgan fingerprint density at radius 1 is 0.970 bits per heavy atom. The number of nitrogens with one attached hydrogen (secondary N) is 1. The van der Waals surface area contributed by atoms with Gasteiger partial charge in [-0.25, -0.2) is 4.79 Å². The lowest BCUT2D eigenvalue weighted by atomic mass is 10.2. The predicted molar refractivity (Wildman–Crippen MR) is 129 cm³/mol. The maximum atomic E-state index is 12.4. The van der Waals surface area contributed by atoms with E-state index in [4.69, 9.17) is 55.9 Å². The number of carbonyl (C=O) groups excluding carboxylic acids is 1. The summed E-state index contributed by atoms with van der Waals surface area (Å²) in [6.45, 7) is 0. The van der Waals surface area contributed by atoms with E-state index in [9.17, 15) is 14.9 Å². The van der Waals surface area contributed by atoms with Gasteiger partial charge in [-0.15, -0.1) is 0 Å². The molecular formula is C21H13Cl4N3O5. The van der Waals surface area contributed by atoms with Crippen LogP contribution in [0.1, 0.15) is 5.56 Å². The zero-order valence-corrected chi connectivity index (χ0v) is 19.7. The van der Waals surface area contributed by atoms with E-state index < -0.39 is 11.0 Å². The zero-order chi connectivity index (χ0) is 24.1. The number of amides is 2. The third-order valence-electron chi connectivity index (χ3n) is 4.09. The van der Waals surface area contributed by atoms with Crippen LogP contribution in [-0.4, -0.2) is 24.0 Å². The number of urea groups is 1. The van der Waals surface area contributed by atoms with E-state index >= 15 is 0 Å². The largest absolute Gasteiger partial charge is 0.480 e. The van der Waals surface area contributed by atoms with Gasteiger partial charge in [-0.3, -0.25) is 10.1 Å². The predicted octanol–water partition coefficient (Wildman–Crippen LogP) is 7.63. The quantitative estimate of drug-likeness (QED) is 0.159. The van der Waals surface area contributed by atoms with Crippen molar-refractivity contribution in [3.63, 3.8) is 0 Å². The van der Waals surface area contributed by atoms with Crippen LogP contribution < -0.4 is 10.1 Å². The first kappa shape index (κ1) is 24.6. The van der Waals surface area contributed by atoms with Crippen molar-refractivity contribution in [3.8, 4) is 11.5 Å². The van der Waals surface area contributed by atoms with Gasteiger partial charge in [0.1, 0.15) is 10.8 Å². The molecule has 33 heavy (non-hydrogen) atoms. The highest BCUT2D eigenvalue weighted by Gasteiger charge is 2.17. The van der Waals surface area contributed by atoms with Gasteiger partial charge >= 0.3 is 6.03 Å². The van der Waals surface area contributed by atoms with Gasteiger partial charge in [-0.1, -0.05) is 58.5 Å². The standard InChI is InChI=1S/C21H13Cl4N3O5/c1-32-20(13-4-2-3-5-14(13)22)27-21(29)26-11-8-16(24)19(17(25)9-11)33-12-6-7-18(28(30)31)15(23)10-12/h2-10H,1H3,(H,26,29)/b27-20-. The first-order valence-corrected chi connectivity index (χ1v) is 10.5. The summed E-state index contributed by atoms with van der Waals surface area (Å²) in [5, 5.41) is 13.8. The molecule has 0 heterocycles. The van der Waals surface area contributed by atoms with Crippen LogP contribution in [-0.2, 0) is 4.74 Å². The second-order valence-electron chi connectivity index (χ2n) is 6.27. The normalized spacial score (nSPS) is 11.1. The van der Waals surface area contributed by atoms with E-state index in [1.807, 2.05) is 0 Å². The third-order valence-corrected chi connectivity index (χ3v) is 5.28. The number of rotatable bonds is 5. The number of aliphatic imine (C=N–C) groups is 1. The second kappa shape index (κ2) is 10.7. The summed E-state index contributed by atoms with van der Waals surface area (Å²) < 4.78 is 10.8. The minimum atomic E-state index is -0.755. The van der Waals surface area contributed by atoms with E-state index in [-0.39, 0.29) is 43.8 Å². The summed E-state index contributed by atoms with van der Waals surface area (Å²) in [6.07, 6.45) is 0. The lowest BCUT2D eigenvalue weighted by Gasteiger charge is -2.12. The Hall–Kier alpha value is -3.04. The molecule has 0 spiro atoms. The van der Waals surface area contributed by atoms with Gasteiger partial charge in [0.05, 0.1) is 32.7 Å². The number of ether oxygens (including phenoxy) is 2. The molecule has 3 aromatic carbocycles. The molecule has 0 saturated heterocycles. The van der Waals surface area contributed by atoms with Crippen molar-refractivity contribution < 1.29 is 19.2 Å². The van der Waals surface area contributed by atoms with E-state index in [1.54, 1.807) is 24.3 Å². The van der Waals surface area contributed by atoms with Crippen molar-refractivity contribution in [2.45, 2.75) is 0 Å². The molecule has 8 nitrogen and oxygen atoms in total. The number of nitro benzene ring substituents is 1. The van der Waals surface area contributed by atoms with Crippen LogP contribution in [0, 0.1) is 10.1 Å². The molecular weight excluding hydrogens is 516 g/mol. The monoisotopic (exact) mass is 527 g/mol. The SMILES string of the molecule is CO/C(=N\C(=O)Nc1cc(Cl)c(Oc2ccc([N+](=O)[O-])c(Cl)c2)c(Cl)c1)c1ccccc1Cl. The molecule has 2 amide bonds. The molecule has 0 aromatic heterocycles. The van der Waals surface area contributed by atoms with Crippen molar-refractivity contribution in [2.75, 3.05) is 12.4 Å². The van der Waals surface area contributed by atoms with E-state index in [2.05, 4.69) is 10.3 Å². The summed E-state index contributed by atoms with van der Waals surface area (Å²) in [4.78, 5) is 26.5. The van der Waals surface area contributed by atoms with Crippen LogP contribution in [0.15, 0.2) is 59.6 Å². The molecule has 0 saturated carbocycles. The summed E-state index contributed by atoms with van der Waals surface area (Å²) in [5.74, 6) is 0.268. The van der Waals surface area contributed by atoms with Crippen LogP contribution in [0.4, 0.5) is 16.2 Å². The summed E-state index contributed by atoms with van der Waals surface area (Å²) >= 11 is 24.5. The van der Waals surface area contributed by atoms with Crippen LogP contribution in [0.2, 0.25) is 20.1 Å². The first-order valence-electron chi connectivity index (χ1n) is 8.99. The van der Waals surface area contributed by atoms with Gasteiger partial charge < -0.3 is 14.8 Å². The molecule has 0 radical (unpaired) electrons. The van der Waals surface area contributed by atoms with Crippen LogP contribution in [0.3, 0.4) is 0 Å². The lowest BCUT2D eigenvalue weighted by molar-refractivity contribution is -0.384. The second-order valence-corrected chi connectivity index (χ2v) is 7.90. The van der Waals surface area contributed by atoms with Crippen molar-refractivity contribution in [1.82, 2.24) is 0 Å². The average Bonchev–Trinajstić information content (AvgIpc) is 2.75. The minimum Gasteiger partial charge on any atom is -0.480 e. The highest BCUT2D eigenvalue weighted by Crippen LogP contribution is 2.40. The summed E-state index contributed by atoms with van der Waals surface area (Å²) in [7, 11) is 1.36. The van der Waals surface area contributed by atoms with Crippen LogP contribution in [0.5, 0.6) is 11.5 Å². The van der Waals surface area contributed by atoms with Gasteiger partial charge in [-0.2, -0.15) is 4.99 Å². The maximum Gasteiger partial charge on any atom is 0.348 e. The van der Waals surface area contributed by atoms with Crippen molar-refractivity contribution in [3.05, 3.63) is 90.4 Å². The van der Waals surface area contributed by atoms with Crippen molar-refractivity contribution in [1.29, 1.82) is 0 Å². The molecule has 0 atom stereocenters. The Kier molecular flexibility index (Phi) is 7.99. The fourth-order valence-corrected chi connectivity index (χ4v) is 3.66. The number of hydrogen-bond acceptors (Lipinski definition) is 5. The molecule has 3 aromatic rings. The Labute approximate surface area is 207 Å². The first-order chi connectivity index (χ1) is 15.7. The van der Waals surface area contributed by atoms with E-state index in [0.717, 1.165) is 0 Å². The van der Waals surface area contributed by atoms with Gasteiger partial charge in [-0.05, 0) is 30.3 Å². The number of methoxy groups -OCH3 is 1. The van der Waals surface area contributed by atoms with Gasteiger partial charge in [0, 0.05) is 17.8 Å².